The van der Waals surface area contributed by atoms with Gasteiger partial charge in [-0.15, -0.1) is 0 Å². The highest BCUT2D eigenvalue weighted by molar-refractivity contribution is 5.98. The minimum atomic E-state index is -4.47. The number of pyridine rings is 3. The van der Waals surface area contributed by atoms with Gasteiger partial charge in [0.1, 0.15) is 11.8 Å². The Morgan fingerprint density at radius 3 is 2.71 bits per heavy atom. The first-order valence-corrected chi connectivity index (χ1v) is 9.18. The van der Waals surface area contributed by atoms with Crippen LogP contribution in [0.5, 0.6) is 11.5 Å². The molecule has 1 aliphatic heterocycles. The molecule has 152 valence electrons. The summed E-state index contributed by atoms with van der Waals surface area (Å²) in [6.07, 6.45) is -2.89. The zero-order valence-corrected chi connectivity index (χ0v) is 15.9. The molecule has 0 amide bonds. The Hall–Kier alpha value is -4.19. The van der Waals surface area contributed by atoms with E-state index < -0.39 is 11.7 Å². The third-order valence-electron chi connectivity index (χ3n) is 4.93. The molecule has 0 saturated carbocycles. The highest BCUT2D eigenvalue weighted by atomic mass is 19.4. The van der Waals surface area contributed by atoms with Crippen molar-refractivity contribution in [2.24, 2.45) is 0 Å². The Bertz CT molecular complexity index is 1410. The van der Waals surface area contributed by atoms with Crippen LogP contribution in [0.1, 0.15) is 16.8 Å². The summed E-state index contributed by atoms with van der Waals surface area (Å²) < 4.78 is 44.9. The van der Waals surface area contributed by atoms with E-state index in [-0.39, 0.29) is 5.75 Å². The summed E-state index contributed by atoms with van der Waals surface area (Å²) in [5.41, 5.74) is 2.36. The normalized spacial score (nSPS) is 12.4. The molecule has 9 heteroatoms. The van der Waals surface area contributed by atoms with Crippen molar-refractivity contribution >= 4 is 22.4 Å². The van der Waals surface area contributed by atoms with Crippen molar-refractivity contribution in [1.29, 1.82) is 5.26 Å². The Morgan fingerprint density at radius 2 is 1.94 bits per heavy atom. The minimum absolute atomic E-state index is 0.0725. The maximum absolute atomic E-state index is 13.1. The van der Waals surface area contributed by atoms with Crippen LogP contribution in [0.25, 0.3) is 22.4 Å². The Labute approximate surface area is 174 Å². The zero-order chi connectivity index (χ0) is 21.8. The fourth-order valence-electron chi connectivity index (χ4n) is 3.45. The first-order chi connectivity index (χ1) is 14.8. The molecule has 0 bridgehead atoms. The van der Waals surface area contributed by atoms with Crippen LogP contribution in [0.3, 0.4) is 0 Å². The van der Waals surface area contributed by atoms with Crippen molar-refractivity contribution < 1.29 is 17.9 Å². The quantitative estimate of drug-likeness (QED) is 0.373. The van der Waals surface area contributed by atoms with E-state index in [4.69, 9.17) is 4.74 Å². The molecular formula is C22H12F3N5O. The molecule has 4 aromatic rings. The number of nitrogens with zero attached hydrogens (tertiary/aromatic N) is 4. The van der Waals surface area contributed by atoms with E-state index in [9.17, 15) is 18.4 Å². The van der Waals surface area contributed by atoms with E-state index in [1.807, 2.05) is 0 Å². The van der Waals surface area contributed by atoms with Crippen LogP contribution in [-0.2, 0) is 6.18 Å². The van der Waals surface area contributed by atoms with Crippen LogP contribution in [0, 0.1) is 18.3 Å². The second-order valence-corrected chi connectivity index (χ2v) is 6.92. The van der Waals surface area contributed by atoms with Gasteiger partial charge in [-0.2, -0.15) is 18.4 Å². The van der Waals surface area contributed by atoms with Crippen LogP contribution in [0.4, 0.5) is 24.5 Å². The summed E-state index contributed by atoms with van der Waals surface area (Å²) in [6.45, 7) is 1.69. The fraction of sp³-hybridized carbons (Fsp3) is 0.0909. The number of benzene rings is 1. The van der Waals surface area contributed by atoms with E-state index in [0.717, 1.165) is 12.1 Å². The number of halogens is 3. The SMILES string of the molecule is Cc1nc2nc(-c3ncccc3C#N)ccc2c2c1Oc1cc(C(F)(F)F)ccc1N2. The van der Waals surface area contributed by atoms with E-state index in [1.165, 1.54) is 6.07 Å². The molecule has 0 fully saturated rings. The number of aromatic nitrogens is 3. The van der Waals surface area contributed by atoms with Crippen LogP contribution >= 0.6 is 0 Å². The van der Waals surface area contributed by atoms with Gasteiger partial charge in [-0.3, -0.25) is 4.98 Å². The Morgan fingerprint density at radius 1 is 1.10 bits per heavy atom. The first kappa shape index (κ1) is 18.8. The second kappa shape index (κ2) is 6.67. The smallest absolute Gasteiger partial charge is 0.416 e. The number of nitrogens with one attached hydrogen (secondary N) is 1. The molecule has 6 nitrogen and oxygen atoms in total. The van der Waals surface area contributed by atoms with Crippen molar-refractivity contribution in [3.8, 4) is 29.0 Å². The van der Waals surface area contributed by atoms with Gasteiger partial charge in [-0.1, -0.05) is 0 Å². The van der Waals surface area contributed by atoms with E-state index in [2.05, 4.69) is 26.3 Å². The molecule has 0 radical (unpaired) electrons. The van der Waals surface area contributed by atoms with Gasteiger partial charge >= 0.3 is 6.18 Å². The molecule has 1 aliphatic rings. The first-order valence-electron chi connectivity index (χ1n) is 9.18. The second-order valence-electron chi connectivity index (χ2n) is 6.92. The molecule has 0 aliphatic carbocycles. The summed E-state index contributed by atoms with van der Waals surface area (Å²) in [4.78, 5) is 13.3. The van der Waals surface area contributed by atoms with Crippen LogP contribution in [-0.4, -0.2) is 15.0 Å². The number of rotatable bonds is 1. The van der Waals surface area contributed by atoms with Gasteiger partial charge in [-0.05, 0) is 49.4 Å². The number of anilines is 2. The molecule has 1 N–H and O–H groups in total. The lowest BCUT2D eigenvalue weighted by molar-refractivity contribution is -0.137. The number of alkyl halides is 3. The highest BCUT2D eigenvalue weighted by Crippen LogP contribution is 2.47. The number of nitriles is 1. The van der Waals surface area contributed by atoms with Crippen molar-refractivity contribution in [2.75, 3.05) is 5.32 Å². The Kier molecular flexibility index (Phi) is 4.05. The molecule has 3 aromatic heterocycles. The molecule has 5 rings (SSSR count). The monoisotopic (exact) mass is 419 g/mol. The predicted molar refractivity (Wildman–Crippen MR) is 107 cm³/mol. The highest BCUT2D eigenvalue weighted by Gasteiger charge is 2.33. The maximum Gasteiger partial charge on any atom is 0.416 e. The standard InChI is InChI=1S/C22H12F3N5O/c1-11-20-19(29-15-6-4-13(22(23,24)25)9-17(15)31-20)14-5-7-16(30-21(14)28-11)18-12(10-26)3-2-8-27-18/h2-9,29H,1H3. The van der Waals surface area contributed by atoms with Crippen molar-refractivity contribution in [3.05, 3.63) is 65.5 Å². The lowest BCUT2D eigenvalue weighted by Gasteiger charge is -2.25. The molecule has 0 saturated heterocycles. The summed E-state index contributed by atoms with van der Waals surface area (Å²) in [5, 5.41) is 13.1. The largest absolute Gasteiger partial charge is 0.451 e. The van der Waals surface area contributed by atoms with Gasteiger partial charge < -0.3 is 10.1 Å². The van der Waals surface area contributed by atoms with Crippen molar-refractivity contribution in [2.45, 2.75) is 13.1 Å². The third-order valence-corrected chi connectivity index (χ3v) is 4.93. The van der Waals surface area contributed by atoms with Gasteiger partial charge in [0.05, 0.1) is 33.9 Å². The van der Waals surface area contributed by atoms with E-state index in [1.54, 1.807) is 37.4 Å². The molecular weight excluding hydrogens is 407 g/mol. The number of aryl methyl sites for hydroxylation is 1. The van der Waals surface area contributed by atoms with Gasteiger partial charge in [0, 0.05) is 11.6 Å². The van der Waals surface area contributed by atoms with Crippen molar-refractivity contribution in [1.82, 2.24) is 15.0 Å². The Balaban J connectivity index is 1.63. The average Bonchev–Trinajstić information content (AvgIpc) is 2.76. The lowest BCUT2D eigenvalue weighted by Crippen LogP contribution is -2.10. The number of hydrogen-bond acceptors (Lipinski definition) is 6. The number of fused-ring (bicyclic) bond motifs is 4. The molecule has 4 heterocycles. The maximum atomic E-state index is 13.1. The van der Waals surface area contributed by atoms with Crippen LogP contribution in [0.15, 0.2) is 48.7 Å². The third kappa shape index (κ3) is 3.09. The van der Waals surface area contributed by atoms with Crippen LogP contribution < -0.4 is 10.1 Å². The molecule has 1 aromatic carbocycles. The number of hydrogen-bond donors (Lipinski definition) is 1. The summed E-state index contributed by atoms with van der Waals surface area (Å²) in [7, 11) is 0. The molecule has 0 spiro atoms. The predicted octanol–water partition coefficient (Wildman–Crippen LogP) is 5.74. The molecule has 0 atom stereocenters. The summed E-state index contributed by atoms with van der Waals surface area (Å²) in [5.74, 6) is 0.410. The fourth-order valence-corrected chi connectivity index (χ4v) is 3.45. The van der Waals surface area contributed by atoms with Crippen LogP contribution in [0.2, 0.25) is 0 Å². The van der Waals surface area contributed by atoms with Gasteiger partial charge in [0.2, 0.25) is 0 Å². The topological polar surface area (TPSA) is 83.7 Å². The zero-order valence-electron chi connectivity index (χ0n) is 15.9. The van der Waals surface area contributed by atoms with E-state index in [0.29, 0.717) is 50.8 Å². The number of ether oxygens (including phenoxy) is 1. The molecule has 31 heavy (non-hydrogen) atoms. The van der Waals surface area contributed by atoms with Gasteiger partial charge in [0.25, 0.3) is 0 Å². The molecule has 0 unspecified atom stereocenters. The average molecular weight is 419 g/mol. The lowest BCUT2D eigenvalue weighted by atomic mass is 10.1. The summed E-state index contributed by atoms with van der Waals surface area (Å²) >= 11 is 0. The van der Waals surface area contributed by atoms with E-state index >= 15 is 0 Å². The van der Waals surface area contributed by atoms with Crippen molar-refractivity contribution in [3.63, 3.8) is 0 Å². The van der Waals surface area contributed by atoms with Gasteiger partial charge in [0.15, 0.2) is 17.1 Å². The minimum Gasteiger partial charge on any atom is -0.451 e. The summed E-state index contributed by atoms with van der Waals surface area (Å²) in [6, 6.07) is 12.2. The van der Waals surface area contributed by atoms with Gasteiger partial charge in [-0.25, -0.2) is 9.97 Å².